The van der Waals surface area contributed by atoms with Crippen LogP contribution in [0.4, 0.5) is 0 Å². The number of benzene rings is 1. The maximum Gasteiger partial charge on any atom is 0.267 e. The fourth-order valence-corrected chi connectivity index (χ4v) is 3.95. The molecule has 0 atom stereocenters. The summed E-state index contributed by atoms with van der Waals surface area (Å²) < 4.78 is 13.9. The molecule has 2 heterocycles. The minimum absolute atomic E-state index is 0.00448. The van der Waals surface area contributed by atoms with Gasteiger partial charge in [0.05, 0.1) is 24.4 Å². The van der Waals surface area contributed by atoms with Crippen molar-refractivity contribution in [3.8, 4) is 11.5 Å². The van der Waals surface area contributed by atoms with Crippen LogP contribution in [0, 0.1) is 5.92 Å². The van der Waals surface area contributed by atoms with Crippen LogP contribution in [0.1, 0.15) is 28.9 Å². The Morgan fingerprint density at radius 3 is 2.58 bits per heavy atom. The highest BCUT2D eigenvalue weighted by atomic mass is 32.1. The summed E-state index contributed by atoms with van der Waals surface area (Å²) in [5.74, 6) is 2.14. The van der Waals surface area contributed by atoms with Crippen LogP contribution in [0.25, 0.3) is 10.2 Å². The number of amides is 1. The first kappa shape index (κ1) is 17.0. The van der Waals surface area contributed by atoms with E-state index in [1.807, 2.05) is 24.3 Å². The second kappa shape index (κ2) is 7.03. The quantitative estimate of drug-likeness (QED) is 0.686. The van der Waals surface area contributed by atoms with Gasteiger partial charge in [-0.15, -0.1) is 11.3 Å². The zero-order chi connectivity index (χ0) is 18.1. The van der Waals surface area contributed by atoms with E-state index in [9.17, 15) is 4.79 Å². The van der Waals surface area contributed by atoms with Crippen molar-refractivity contribution < 1.29 is 14.3 Å². The lowest BCUT2D eigenvalue weighted by molar-refractivity contribution is 0.0943. The van der Waals surface area contributed by atoms with Crippen LogP contribution in [0.3, 0.4) is 0 Å². The number of aromatic nitrogens is 1. The molecule has 2 aromatic heterocycles. The van der Waals surface area contributed by atoms with Crippen LogP contribution in [-0.2, 0) is 6.54 Å². The van der Waals surface area contributed by atoms with Crippen molar-refractivity contribution in [2.75, 3.05) is 20.8 Å². The van der Waals surface area contributed by atoms with Gasteiger partial charge in [-0.2, -0.15) is 0 Å². The molecule has 1 aliphatic carbocycles. The van der Waals surface area contributed by atoms with E-state index in [0.717, 1.165) is 33.8 Å². The zero-order valence-corrected chi connectivity index (χ0v) is 15.8. The van der Waals surface area contributed by atoms with Crippen LogP contribution in [-0.4, -0.2) is 31.2 Å². The van der Waals surface area contributed by atoms with Gasteiger partial charge in [0.15, 0.2) is 0 Å². The number of ether oxygens (including phenoxy) is 2. The summed E-state index contributed by atoms with van der Waals surface area (Å²) in [5.41, 5.74) is 2.81. The van der Waals surface area contributed by atoms with Gasteiger partial charge in [0, 0.05) is 19.2 Å². The van der Waals surface area contributed by atoms with Gasteiger partial charge >= 0.3 is 0 Å². The molecule has 0 aliphatic heterocycles. The molecule has 1 amide bonds. The Kier molecular flexibility index (Phi) is 4.59. The van der Waals surface area contributed by atoms with E-state index in [1.165, 1.54) is 12.8 Å². The SMILES string of the molecule is COc1cc(Cn2c(C(=O)NCC3CC3)cc3sccc32)cc(OC)c1. The lowest BCUT2D eigenvalue weighted by Gasteiger charge is -2.13. The molecule has 1 aromatic carbocycles. The number of rotatable bonds is 7. The van der Waals surface area contributed by atoms with Crippen molar-refractivity contribution in [3.63, 3.8) is 0 Å². The Bertz CT molecular complexity index is 918. The van der Waals surface area contributed by atoms with E-state index in [1.54, 1.807) is 25.6 Å². The number of nitrogens with one attached hydrogen (secondary N) is 1. The Morgan fingerprint density at radius 1 is 1.19 bits per heavy atom. The third-order valence-electron chi connectivity index (χ3n) is 4.76. The minimum atomic E-state index is -0.00448. The summed E-state index contributed by atoms with van der Waals surface area (Å²) in [6, 6.07) is 9.86. The van der Waals surface area contributed by atoms with E-state index in [0.29, 0.717) is 18.2 Å². The molecule has 1 aliphatic rings. The normalized spacial score (nSPS) is 13.8. The number of carbonyl (C=O) groups excluding carboxylic acids is 1. The van der Waals surface area contributed by atoms with Crippen LogP contribution in [0.2, 0.25) is 0 Å². The lowest BCUT2D eigenvalue weighted by Crippen LogP contribution is -2.27. The molecule has 6 heteroatoms. The molecular formula is C20H22N2O3S. The van der Waals surface area contributed by atoms with Crippen molar-refractivity contribution in [3.05, 3.63) is 47.0 Å². The van der Waals surface area contributed by atoms with Crippen molar-refractivity contribution >= 4 is 27.5 Å². The molecule has 1 fully saturated rings. The summed E-state index contributed by atoms with van der Waals surface area (Å²) >= 11 is 1.65. The standard InChI is InChI=1S/C20H22N2O3S/c1-24-15-7-14(8-16(9-15)25-2)12-22-17-5-6-26-19(17)10-18(22)20(23)21-11-13-3-4-13/h5-10,13H,3-4,11-12H2,1-2H3,(H,21,23). The Labute approximate surface area is 156 Å². The molecule has 0 unspecified atom stereocenters. The Hall–Kier alpha value is -2.47. The maximum atomic E-state index is 12.7. The smallest absolute Gasteiger partial charge is 0.267 e. The first-order valence-electron chi connectivity index (χ1n) is 8.75. The number of fused-ring (bicyclic) bond motifs is 1. The van der Waals surface area contributed by atoms with Crippen molar-refractivity contribution in [2.45, 2.75) is 19.4 Å². The number of hydrogen-bond acceptors (Lipinski definition) is 4. The van der Waals surface area contributed by atoms with Gasteiger partial charge in [0.25, 0.3) is 5.91 Å². The lowest BCUT2D eigenvalue weighted by atomic mass is 10.2. The first-order valence-corrected chi connectivity index (χ1v) is 9.63. The van der Waals surface area contributed by atoms with E-state index in [-0.39, 0.29) is 5.91 Å². The van der Waals surface area contributed by atoms with Gasteiger partial charge in [-0.1, -0.05) is 0 Å². The molecule has 136 valence electrons. The van der Waals surface area contributed by atoms with Crippen LogP contribution in [0.15, 0.2) is 35.7 Å². The van der Waals surface area contributed by atoms with Gasteiger partial charge in [-0.25, -0.2) is 0 Å². The molecule has 1 saturated carbocycles. The molecule has 26 heavy (non-hydrogen) atoms. The number of methoxy groups -OCH3 is 2. The number of thiophene rings is 1. The van der Waals surface area contributed by atoms with E-state index in [2.05, 4.69) is 21.3 Å². The molecule has 0 saturated heterocycles. The molecule has 3 aromatic rings. The maximum absolute atomic E-state index is 12.7. The predicted octanol–water partition coefficient (Wildman–Crippen LogP) is 3.91. The topological polar surface area (TPSA) is 52.5 Å². The highest BCUT2D eigenvalue weighted by Crippen LogP contribution is 2.30. The van der Waals surface area contributed by atoms with Gasteiger partial charge in [0.1, 0.15) is 17.2 Å². The van der Waals surface area contributed by atoms with Gasteiger partial charge in [0.2, 0.25) is 0 Å². The minimum Gasteiger partial charge on any atom is -0.497 e. The average Bonchev–Trinajstić information content (AvgIpc) is 3.27. The molecule has 5 nitrogen and oxygen atoms in total. The average molecular weight is 370 g/mol. The molecular weight excluding hydrogens is 348 g/mol. The monoisotopic (exact) mass is 370 g/mol. The number of hydrogen-bond donors (Lipinski definition) is 1. The predicted molar refractivity (Wildman–Crippen MR) is 104 cm³/mol. The van der Waals surface area contributed by atoms with E-state index in [4.69, 9.17) is 9.47 Å². The van der Waals surface area contributed by atoms with Crippen LogP contribution in [0.5, 0.6) is 11.5 Å². The molecule has 0 radical (unpaired) electrons. The molecule has 4 rings (SSSR count). The zero-order valence-electron chi connectivity index (χ0n) is 15.0. The van der Waals surface area contributed by atoms with Crippen molar-refractivity contribution in [1.82, 2.24) is 9.88 Å². The van der Waals surface area contributed by atoms with Crippen LogP contribution >= 0.6 is 11.3 Å². The first-order chi connectivity index (χ1) is 12.7. The van der Waals surface area contributed by atoms with Gasteiger partial charge in [-0.05, 0) is 54.0 Å². The second-order valence-corrected chi connectivity index (χ2v) is 7.61. The fourth-order valence-electron chi connectivity index (χ4n) is 3.13. The third kappa shape index (κ3) is 3.42. The van der Waals surface area contributed by atoms with Crippen LogP contribution < -0.4 is 14.8 Å². The number of carbonyl (C=O) groups is 1. The summed E-state index contributed by atoms with van der Waals surface area (Å²) in [7, 11) is 3.28. The number of nitrogens with zero attached hydrogens (tertiary/aromatic N) is 1. The Morgan fingerprint density at radius 2 is 1.92 bits per heavy atom. The largest absolute Gasteiger partial charge is 0.497 e. The van der Waals surface area contributed by atoms with Crippen molar-refractivity contribution in [2.24, 2.45) is 5.92 Å². The third-order valence-corrected chi connectivity index (χ3v) is 5.61. The summed E-state index contributed by atoms with van der Waals surface area (Å²) in [4.78, 5) is 12.7. The van der Waals surface area contributed by atoms with E-state index >= 15 is 0 Å². The van der Waals surface area contributed by atoms with E-state index < -0.39 is 0 Å². The fraction of sp³-hybridized carbons (Fsp3) is 0.350. The second-order valence-electron chi connectivity index (χ2n) is 6.66. The molecule has 1 N–H and O–H groups in total. The highest BCUT2D eigenvalue weighted by molar-refractivity contribution is 7.17. The Balaban J connectivity index is 1.67. The molecule has 0 bridgehead atoms. The summed E-state index contributed by atoms with van der Waals surface area (Å²) in [6.45, 7) is 1.35. The summed E-state index contributed by atoms with van der Waals surface area (Å²) in [6.07, 6.45) is 2.44. The van der Waals surface area contributed by atoms with Gasteiger partial charge in [-0.3, -0.25) is 4.79 Å². The molecule has 0 spiro atoms. The summed E-state index contributed by atoms with van der Waals surface area (Å²) in [5, 5.41) is 5.13. The highest BCUT2D eigenvalue weighted by Gasteiger charge is 2.23. The van der Waals surface area contributed by atoms with Crippen molar-refractivity contribution in [1.29, 1.82) is 0 Å². The van der Waals surface area contributed by atoms with Gasteiger partial charge < -0.3 is 19.4 Å².